The number of anilines is 1. The molecule has 0 amide bonds. The fraction of sp³-hybridized carbons (Fsp3) is 0.538. The van der Waals surface area contributed by atoms with Crippen molar-refractivity contribution in [2.75, 3.05) is 31.2 Å². The van der Waals surface area contributed by atoms with E-state index in [-0.39, 0.29) is 12.7 Å². The van der Waals surface area contributed by atoms with Crippen LogP contribution in [-0.2, 0) is 4.74 Å². The quantitative estimate of drug-likeness (QED) is 0.922. The molecule has 0 saturated carbocycles. The molecule has 1 N–H and O–H groups in total. The van der Waals surface area contributed by atoms with Crippen LogP contribution in [0.1, 0.15) is 12.8 Å². The second-order valence-corrected chi connectivity index (χ2v) is 5.53. The number of piperidine rings is 1. The van der Waals surface area contributed by atoms with E-state index in [0.717, 1.165) is 42.0 Å². The molecule has 6 heteroatoms. The third-order valence-electron chi connectivity index (χ3n) is 3.41. The summed E-state index contributed by atoms with van der Waals surface area (Å²) in [4.78, 5) is 11.0. The first-order valence-electron chi connectivity index (χ1n) is 6.54. The van der Waals surface area contributed by atoms with Gasteiger partial charge in [-0.15, -0.1) is 11.3 Å². The van der Waals surface area contributed by atoms with Crippen LogP contribution in [-0.4, -0.2) is 47.5 Å². The second kappa shape index (κ2) is 5.81. The molecule has 0 unspecified atom stereocenters. The molecule has 1 fully saturated rings. The normalized spacial score (nSPS) is 17.2. The van der Waals surface area contributed by atoms with E-state index in [1.807, 2.05) is 6.07 Å². The molecule has 0 spiro atoms. The molecule has 5 nitrogen and oxygen atoms in total. The van der Waals surface area contributed by atoms with Gasteiger partial charge in [0.05, 0.1) is 29.5 Å². The molecule has 0 atom stereocenters. The number of hydrogen-bond acceptors (Lipinski definition) is 6. The van der Waals surface area contributed by atoms with Gasteiger partial charge in [0.15, 0.2) is 0 Å². The Morgan fingerprint density at radius 3 is 3.00 bits per heavy atom. The third kappa shape index (κ3) is 2.70. The fourth-order valence-electron chi connectivity index (χ4n) is 2.45. The average molecular weight is 279 g/mol. The summed E-state index contributed by atoms with van der Waals surface area (Å²) in [6.45, 7) is 2.43. The number of thiophene rings is 1. The highest BCUT2D eigenvalue weighted by Gasteiger charge is 2.22. The lowest BCUT2D eigenvalue weighted by molar-refractivity contribution is 0.0158. The topological polar surface area (TPSA) is 58.5 Å². The summed E-state index contributed by atoms with van der Waals surface area (Å²) < 4.78 is 6.75. The maximum atomic E-state index is 8.77. The second-order valence-electron chi connectivity index (χ2n) is 4.61. The van der Waals surface area contributed by atoms with Crippen molar-refractivity contribution in [2.45, 2.75) is 18.9 Å². The Kier molecular flexibility index (Phi) is 3.91. The van der Waals surface area contributed by atoms with Crippen molar-refractivity contribution in [3.05, 3.63) is 17.8 Å². The van der Waals surface area contributed by atoms with E-state index in [9.17, 15) is 0 Å². The number of ether oxygens (including phenoxy) is 1. The van der Waals surface area contributed by atoms with E-state index in [1.165, 1.54) is 0 Å². The Morgan fingerprint density at radius 2 is 2.21 bits per heavy atom. The highest BCUT2D eigenvalue weighted by Crippen LogP contribution is 2.29. The van der Waals surface area contributed by atoms with Crippen LogP contribution in [0.15, 0.2) is 17.8 Å². The van der Waals surface area contributed by atoms with Crippen molar-refractivity contribution < 1.29 is 9.84 Å². The molecule has 1 aliphatic rings. The predicted molar refractivity (Wildman–Crippen MR) is 75.7 cm³/mol. The number of hydrogen-bond donors (Lipinski definition) is 1. The first kappa shape index (κ1) is 12.8. The average Bonchev–Trinajstić information content (AvgIpc) is 2.94. The highest BCUT2D eigenvalue weighted by molar-refractivity contribution is 7.17. The first-order valence-corrected chi connectivity index (χ1v) is 7.42. The van der Waals surface area contributed by atoms with Crippen molar-refractivity contribution in [3.8, 4) is 0 Å². The minimum Gasteiger partial charge on any atom is -0.394 e. The lowest BCUT2D eigenvalue weighted by Gasteiger charge is -2.32. The van der Waals surface area contributed by atoms with Crippen LogP contribution >= 0.6 is 11.3 Å². The van der Waals surface area contributed by atoms with Crippen molar-refractivity contribution in [1.82, 2.24) is 9.97 Å². The summed E-state index contributed by atoms with van der Waals surface area (Å²) >= 11 is 1.69. The monoisotopic (exact) mass is 279 g/mol. The summed E-state index contributed by atoms with van der Waals surface area (Å²) in [5.74, 6) is 1.04. The Bertz CT molecular complexity index is 537. The largest absolute Gasteiger partial charge is 0.394 e. The molecule has 3 heterocycles. The highest BCUT2D eigenvalue weighted by atomic mass is 32.1. The zero-order valence-corrected chi connectivity index (χ0v) is 11.5. The minimum atomic E-state index is 0.0991. The van der Waals surface area contributed by atoms with E-state index >= 15 is 0 Å². The number of aliphatic hydroxyl groups excluding tert-OH is 1. The molecule has 2 aromatic rings. The molecule has 0 aromatic carbocycles. The van der Waals surface area contributed by atoms with Crippen molar-refractivity contribution >= 4 is 27.4 Å². The van der Waals surface area contributed by atoms with Gasteiger partial charge >= 0.3 is 0 Å². The van der Waals surface area contributed by atoms with Gasteiger partial charge in [-0.25, -0.2) is 9.97 Å². The maximum Gasteiger partial charge on any atom is 0.150 e. The van der Waals surface area contributed by atoms with Gasteiger partial charge < -0.3 is 14.7 Å². The molecule has 1 saturated heterocycles. The molecular formula is C13H17N3O2S. The Balaban J connectivity index is 1.69. The van der Waals surface area contributed by atoms with Crippen molar-refractivity contribution in [1.29, 1.82) is 0 Å². The third-order valence-corrected chi connectivity index (χ3v) is 4.31. The summed E-state index contributed by atoms with van der Waals surface area (Å²) in [5.41, 5.74) is 1.02. The van der Waals surface area contributed by atoms with Crippen LogP contribution in [0.25, 0.3) is 10.2 Å². The zero-order chi connectivity index (χ0) is 13.1. The first-order chi connectivity index (χ1) is 9.38. The van der Waals surface area contributed by atoms with Gasteiger partial charge in [-0.3, -0.25) is 0 Å². The van der Waals surface area contributed by atoms with Gasteiger partial charge in [0, 0.05) is 13.1 Å². The van der Waals surface area contributed by atoms with Crippen LogP contribution in [0, 0.1) is 0 Å². The molecule has 3 rings (SSSR count). The standard InChI is InChI=1S/C13H17N3O2S/c17-6-7-18-10-1-4-16(5-2-10)13-12-11(3-8-19-12)14-9-15-13/h3,8-10,17H,1-2,4-7H2. The molecule has 1 aliphatic heterocycles. The smallest absolute Gasteiger partial charge is 0.150 e. The van der Waals surface area contributed by atoms with Crippen LogP contribution < -0.4 is 4.90 Å². The molecular weight excluding hydrogens is 262 g/mol. The molecule has 102 valence electrons. The maximum absolute atomic E-state index is 8.77. The van der Waals surface area contributed by atoms with Gasteiger partial charge in [0.25, 0.3) is 0 Å². The zero-order valence-electron chi connectivity index (χ0n) is 10.7. The van der Waals surface area contributed by atoms with E-state index in [0.29, 0.717) is 6.61 Å². The Hall–Kier alpha value is -1.24. The molecule has 19 heavy (non-hydrogen) atoms. The molecule has 0 radical (unpaired) electrons. The van der Waals surface area contributed by atoms with Gasteiger partial charge in [-0.1, -0.05) is 0 Å². The van der Waals surface area contributed by atoms with E-state index in [1.54, 1.807) is 17.7 Å². The minimum absolute atomic E-state index is 0.0991. The van der Waals surface area contributed by atoms with Gasteiger partial charge in [-0.05, 0) is 24.3 Å². The summed E-state index contributed by atoms with van der Waals surface area (Å²) in [6, 6.07) is 2.03. The molecule has 0 bridgehead atoms. The lowest BCUT2D eigenvalue weighted by Crippen LogP contribution is -2.37. The van der Waals surface area contributed by atoms with Crippen molar-refractivity contribution in [3.63, 3.8) is 0 Å². The number of nitrogens with zero attached hydrogens (tertiary/aromatic N) is 3. The van der Waals surface area contributed by atoms with Crippen LogP contribution in [0.3, 0.4) is 0 Å². The Labute approximate surface area is 115 Å². The summed E-state index contributed by atoms with van der Waals surface area (Å²) in [6.07, 6.45) is 3.87. The van der Waals surface area contributed by atoms with E-state index < -0.39 is 0 Å². The number of aliphatic hydroxyl groups is 1. The summed E-state index contributed by atoms with van der Waals surface area (Å²) in [7, 11) is 0. The fourth-order valence-corrected chi connectivity index (χ4v) is 3.32. The number of aromatic nitrogens is 2. The predicted octanol–water partition coefficient (Wildman–Crippen LogP) is 1.67. The van der Waals surface area contributed by atoms with Gasteiger partial charge in [0.2, 0.25) is 0 Å². The summed E-state index contributed by atoms with van der Waals surface area (Å²) in [5, 5.41) is 10.8. The van der Waals surface area contributed by atoms with Gasteiger partial charge in [-0.2, -0.15) is 0 Å². The van der Waals surface area contributed by atoms with E-state index in [4.69, 9.17) is 9.84 Å². The van der Waals surface area contributed by atoms with Crippen LogP contribution in [0.2, 0.25) is 0 Å². The molecule has 2 aromatic heterocycles. The van der Waals surface area contributed by atoms with Gasteiger partial charge in [0.1, 0.15) is 12.1 Å². The number of rotatable bonds is 4. The Morgan fingerprint density at radius 1 is 1.37 bits per heavy atom. The number of fused-ring (bicyclic) bond motifs is 1. The SMILES string of the molecule is OCCOC1CCN(c2ncnc3ccsc23)CC1. The lowest BCUT2D eigenvalue weighted by atomic mass is 10.1. The van der Waals surface area contributed by atoms with Crippen molar-refractivity contribution in [2.24, 2.45) is 0 Å². The molecule has 0 aliphatic carbocycles. The van der Waals surface area contributed by atoms with Crippen LogP contribution in [0.4, 0.5) is 5.82 Å². The van der Waals surface area contributed by atoms with Crippen LogP contribution in [0.5, 0.6) is 0 Å². The van der Waals surface area contributed by atoms with E-state index in [2.05, 4.69) is 20.2 Å².